The molecule has 0 fully saturated rings. The highest BCUT2D eigenvalue weighted by molar-refractivity contribution is 5.72. The molecule has 0 spiro atoms. The summed E-state index contributed by atoms with van der Waals surface area (Å²) in [7, 11) is 0. The third-order valence-corrected chi connectivity index (χ3v) is 2.82. The topological polar surface area (TPSA) is 18.5 Å². The van der Waals surface area contributed by atoms with E-state index in [1.165, 1.54) is 5.56 Å². The van der Waals surface area contributed by atoms with E-state index >= 15 is 0 Å². The third kappa shape index (κ3) is 1.92. The van der Waals surface area contributed by atoms with Gasteiger partial charge in [-0.3, -0.25) is 0 Å². The summed E-state index contributed by atoms with van der Waals surface area (Å²) in [5, 5.41) is 0. The van der Waals surface area contributed by atoms with Gasteiger partial charge < -0.3 is 4.89 Å². The van der Waals surface area contributed by atoms with Crippen molar-refractivity contribution in [2.75, 3.05) is 0 Å². The molecule has 1 aliphatic rings. The van der Waals surface area contributed by atoms with Crippen molar-refractivity contribution in [1.82, 2.24) is 0 Å². The first-order valence-electron chi connectivity index (χ1n) is 5.68. The van der Waals surface area contributed by atoms with Crippen molar-refractivity contribution in [2.45, 2.75) is 19.4 Å². The zero-order valence-corrected chi connectivity index (χ0v) is 9.57. The Morgan fingerprint density at radius 1 is 1.12 bits per heavy atom. The van der Waals surface area contributed by atoms with Gasteiger partial charge in [-0.15, -0.1) is 0 Å². The van der Waals surface area contributed by atoms with Crippen LogP contribution in [0.3, 0.4) is 0 Å². The Kier molecular flexibility index (Phi) is 2.57. The lowest BCUT2D eigenvalue weighted by atomic mass is 9.95. The third-order valence-electron chi connectivity index (χ3n) is 2.82. The number of hydrogen-bond donors (Lipinski definition) is 0. The average Bonchev–Trinajstić information content (AvgIpc) is 2.36. The van der Waals surface area contributed by atoms with Crippen molar-refractivity contribution < 1.29 is 9.78 Å². The number of benzene rings is 2. The molecule has 0 aliphatic carbocycles. The maximum atomic E-state index is 5.35. The molecule has 84 valence electrons. The van der Waals surface area contributed by atoms with Gasteiger partial charge in [0.2, 0.25) is 0 Å². The fraction of sp³-hybridized carbons (Fsp3) is 0.200. The summed E-state index contributed by atoms with van der Waals surface area (Å²) in [6, 6.07) is 18.1. The molecule has 17 heavy (non-hydrogen) atoms. The zero-order valence-electron chi connectivity index (χ0n) is 9.57. The highest BCUT2D eigenvalue weighted by Gasteiger charge is 2.18. The maximum Gasteiger partial charge on any atom is 0.173 e. The summed E-state index contributed by atoms with van der Waals surface area (Å²) in [6.07, 6.45) is 0.840. The van der Waals surface area contributed by atoms with Crippen molar-refractivity contribution in [1.29, 1.82) is 0 Å². The molecule has 2 nitrogen and oxygen atoms in total. The van der Waals surface area contributed by atoms with Crippen LogP contribution in [0, 0.1) is 12.1 Å². The van der Waals surface area contributed by atoms with E-state index in [1.54, 1.807) is 0 Å². The minimum Gasteiger partial charge on any atom is -0.337 e. The van der Waals surface area contributed by atoms with Gasteiger partial charge in [-0.05, 0) is 36.2 Å². The first-order chi connectivity index (χ1) is 8.34. The predicted molar refractivity (Wildman–Crippen MR) is 64.4 cm³/mol. The Hall–Kier alpha value is -1.80. The van der Waals surface area contributed by atoms with Gasteiger partial charge in [0.15, 0.2) is 5.75 Å². The summed E-state index contributed by atoms with van der Waals surface area (Å²) in [6.45, 7) is 1.99. The van der Waals surface area contributed by atoms with Gasteiger partial charge in [-0.25, -0.2) is 0 Å². The van der Waals surface area contributed by atoms with Crippen LogP contribution in [-0.2, 0) is 11.3 Å². The van der Waals surface area contributed by atoms with Crippen LogP contribution < -0.4 is 4.89 Å². The SMILES string of the molecule is CC1Cc2ccc[c]c2-c2[c]cccc2OO1. The Balaban J connectivity index is 2.20. The molecule has 2 heteroatoms. The highest BCUT2D eigenvalue weighted by atomic mass is 17.2. The smallest absolute Gasteiger partial charge is 0.173 e. The van der Waals surface area contributed by atoms with Crippen LogP contribution in [-0.4, -0.2) is 6.10 Å². The first-order valence-corrected chi connectivity index (χ1v) is 5.68. The normalized spacial score (nSPS) is 18.3. The second kappa shape index (κ2) is 4.22. The second-order valence-electron chi connectivity index (χ2n) is 4.17. The van der Waals surface area contributed by atoms with E-state index in [-0.39, 0.29) is 6.10 Å². The molecule has 2 aromatic carbocycles. The minimum atomic E-state index is 0.0258. The molecule has 1 unspecified atom stereocenters. The summed E-state index contributed by atoms with van der Waals surface area (Å²) >= 11 is 0. The van der Waals surface area contributed by atoms with Crippen molar-refractivity contribution in [3.05, 3.63) is 54.1 Å². The van der Waals surface area contributed by atoms with Crippen molar-refractivity contribution in [3.63, 3.8) is 0 Å². The maximum absolute atomic E-state index is 5.35. The Labute approximate surface area is 101 Å². The van der Waals surface area contributed by atoms with Crippen molar-refractivity contribution in [2.24, 2.45) is 0 Å². The van der Waals surface area contributed by atoms with Gasteiger partial charge in [0.1, 0.15) is 6.10 Å². The van der Waals surface area contributed by atoms with E-state index in [2.05, 4.69) is 18.2 Å². The summed E-state index contributed by atoms with van der Waals surface area (Å²) < 4.78 is 0. The summed E-state index contributed by atoms with van der Waals surface area (Å²) in [5.74, 6) is 0.697. The number of rotatable bonds is 0. The Morgan fingerprint density at radius 2 is 1.88 bits per heavy atom. The summed E-state index contributed by atoms with van der Waals surface area (Å²) in [5.41, 5.74) is 3.18. The first kappa shape index (κ1) is 10.4. The van der Waals surface area contributed by atoms with Crippen molar-refractivity contribution in [3.8, 4) is 16.9 Å². The molecular formula is C15H12O2. The molecule has 0 N–H and O–H groups in total. The molecule has 3 rings (SSSR count). The van der Waals surface area contributed by atoms with Crippen LogP contribution in [0.2, 0.25) is 0 Å². The van der Waals surface area contributed by atoms with E-state index in [4.69, 9.17) is 9.78 Å². The lowest BCUT2D eigenvalue weighted by Crippen LogP contribution is -2.17. The average molecular weight is 224 g/mol. The number of fused-ring (bicyclic) bond motifs is 3. The molecular weight excluding hydrogens is 212 g/mol. The van der Waals surface area contributed by atoms with E-state index in [9.17, 15) is 0 Å². The lowest BCUT2D eigenvalue weighted by Gasteiger charge is -2.20. The van der Waals surface area contributed by atoms with Gasteiger partial charge >= 0.3 is 0 Å². The molecule has 1 atom stereocenters. The van der Waals surface area contributed by atoms with Gasteiger partial charge in [0.05, 0.1) is 0 Å². The van der Waals surface area contributed by atoms with Gasteiger partial charge in [0, 0.05) is 12.0 Å². The molecule has 2 radical (unpaired) electrons. The van der Waals surface area contributed by atoms with Gasteiger partial charge in [0.25, 0.3) is 0 Å². The Morgan fingerprint density at radius 3 is 2.76 bits per heavy atom. The highest BCUT2D eigenvalue weighted by Crippen LogP contribution is 2.34. The van der Waals surface area contributed by atoms with Crippen LogP contribution in [0.1, 0.15) is 12.5 Å². The standard InChI is InChI=1S/C15H12O2/c1-11-10-12-6-2-3-7-13(12)14-8-4-5-9-15(14)17-16-11/h2-6,9,11H,10H2,1H3. The summed E-state index contributed by atoms with van der Waals surface area (Å²) in [4.78, 5) is 10.7. The second-order valence-corrected chi connectivity index (χ2v) is 4.17. The van der Waals surface area contributed by atoms with Crippen molar-refractivity contribution >= 4 is 0 Å². The molecule has 0 amide bonds. The Bertz CT molecular complexity index is 534. The quantitative estimate of drug-likeness (QED) is 0.640. The van der Waals surface area contributed by atoms with E-state index in [0.29, 0.717) is 5.75 Å². The van der Waals surface area contributed by atoms with Crippen LogP contribution in [0.4, 0.5) is 0 Å². The fourth-order valence-electron chi connectivity index (χ4n) is 2.04. The minimum absolute atomic E-state index is 0.0258. The van der Waals surface area contributed by atoms with E-state index in [1.807, 2.05) is 37.3 Å². The monoisotopic (exact) mass is 224 g/mol. The van der Waals surface area contributed by atoms with E-state index < -0.39 is 0 Å². The molecule has 2 aromatic rings. The lowest BCUT2D eigenvalue weighted by molar-refractivity contribution is -0.239. The fourth-order valence-corrected chi connectivity index (χ4v) is 2.04. The zero-order chi connectivity index (χ0) is 11.7. The predicted octanol–water partition coefficient (Wildman–Crippen LogP) is 3.21. The molecule has 0 saturated carbocycles. The van der Waals surface area contributed by atoms with Gasteiger partial charge in [-0.1, -0.05) is 30.3 Å². The molecule has 0 aromatic heterocycles. The van der Waals surface area contributed by atoms with E-state index in [0.717, 1.165) is 17.5 Å². The van der Waals surface area contributed by atoms with Gasteiger partial charge in [-0.2, -0.15) is 4.89 Å². The molecule has 1 aliphatic heterocycles. The largest absolute Gasteiger partial charge is 0.337 e. The van der Waals surface area contributed by atoms with Crippen LogP contribution >= 0.6 is 0 Å². The molecule has 0 bridgehead atoms. The van der Waals surface area contributed by atoms with Crippen LogP contribution in [0.5, 0.6) is 5.75 Å². The molecule has 1 heterocycles. The number of hydrogen-bond acceptors (Lipinski definition) is 2. The molecule has 0 saturated heterocycles. The van der Waals surface area contributed by atoms with Crippen LogP contribution in [0.25, 0.3) is 11.1 Å². The van der Waals surface area contributed by atoms with Crippen LogP contribution in [0.15, 0.2) is 36.4 Å².